The third-order valence-corrected chi connectivity index (χ3v) is 4.78. The van der Waals surface area contributed by atoms with Gasteiger partial charge < -0.3 is 20.9 Å². The first kappa shape index (κ1) is 21.7. The topological polar surface area (TPSA) is 68.8 Å². The van der Waals surface area contributed by atoms with E-state index in [0.29, 0.717) is 19.1 Å². The van der Waals surface area contributed by atoms with Crippen molar-refractivity contribution in [2.75, 3.05) is 39.3 Å². The van der Waals surface area contributed by atoms with Gasteiger partial charge in [0.15, 0.2) is 5.96 Å². The molecule has 0 spiro atoms. The molecule has 1 atom stereocenters. The van der Waals surface area contributed by atoms with Gasteiger partial charge in [-0.25, -0.2) is 0 Å². The highest BCUT2D eigenvalue weighted by Gasteiger charge is 2.26. The van der Waals surface area contributed by atoms with Gasteiger partial charge in [0.1, 0.15) is 0 Å². The van der Waals surface area contributed by atoms with E-state index in [0.717, 1.165) is 32.0 Å². The SMILES string of the molecule is CCNC(=O)C(C)(C)CN=C(NCC)NCCCN1CCCCC1C. The molecule has 146 valence electrons. The summed E-state index contributed by atoms with van der Waals surface area (Å²) < 4.78 is 0. The molecular formula is C19H39N5O. The van der Waals surface area contributed by atoms with Crippen LogP contribution in [0.3, 0.4) is 0 Å². The molecular weight excluding hydrogens is 314 g/mol. The van der Waals surface area contributed by atoms with Gasteiger partial charge in [-0.3, -0.25) is 9.79 Å². The molecule has 0 aliphatic carbocycles. The summed E-state index contributed by atoms with van der Waals surface area (Å²) in [4.78, 5) is 19.3. The van der Waals surface area contributed by atoms with Gasteiger partial charge in [-0.1, -0.05) is 6.42 Å². The average Bonchev–Trinajstić information content (AvgIpc) is 2.58. The van der Waals surface area contributed by atoms with Crippen molar-refractivity contribution >= 4 is 11.9 Å². The Kier molecular flexibility index (Phi) is 9.86. The van der Waals surface area contributed by atoms with Gasteiger partial charge in [0.2, 0.25) is 5.91 Å². The minimum atomic E-state index is -0.498. The maximum absolute atomic E-state index is 12.1. The fourth-order valence-electron chi connectivity index (χ4n) is 3.07. The third kappa shape index (κ3) is 8.08. The number of carbonyl (C=O) groups is 1. The molecule has 0 aromatic rings. The van der Waals surface area contributed by atoms with E-state index < -0.39 is 5.41 Å². The van der Waals surface area contributed by atoms with Crippen molar-refractivity contribution in [3.8, 4) is 0 Å². The van der Waals surface area contributed by atoms with Crippen LogP contribution in [0.4, 0.5) is 0 Å². The van der Waals surface area contributed by atoms with Crippen molar-refractivity contribution in [2.45, 2.75) is 66.3 Å². The van der Waals surface area contributed by atoms with E-state index in [2.05, 4.69) is 39.7 Å². The van der Waals surface area contributed by atoms with E-state index in [9.17, 15) is 4.79 Å². The van der Waals surface area contributed by atoms with Crippen LogP contribution in [0, 0.1) is 5.41 Å². The van der Waals surface area contributed by atoms with Crippen molar-refractivity contribution < 1.29 is 4.79 Å². The smallest absolute Gasteiger partial charge is 0.227 e. The second-order valence-electron chi connectivity index (χ2n) is 7.60. The number of piperidine rings is 1. The van der Waals surface area contributed by atoms with Gasteiger partial charge in [0.05, 0.1) is 12.0 Å². The first-order valence-electron chi connectivity index (χ1n) is 9.95. The molecule has 6 nitrogen and oxygen atoms in total. The van der Waals surface area contributed by atoms with Crippen LogP contribution >= 0.6 is 0 Å². The zero-order chi connectivity index (χ0) is 18.7. The number of carbonyl (C=O) groups excluding carboxylic acids is 1. The summed E-state index contributed by atoms with van der Waals surface area (Å²) in [5, 5.41) is 9.55. The van der Waals surface area contributed by atoms with E-state index >= 15 is 0 Å². The number of likely N-dealkylation sites (tertiary alicyclic amines) is 1. The molecule has 1 rings (SSSR count). The van der Waals surface area contributed by atoms with E-state index in [1.807, 2.05) is 20.8 Å². The van der Waals surface area contributed by atoms with Crippen LogP contribution in [0.1, 0.15) is 60.3 Å². The highest BCUT2D eigenvalue weighted by Crippen LogP contribution is 2.16. The van der Waals surface area contributed by atoms with Crippen LogP contribution in [0.25, 0.3) is 0 Å². The second kappa shape index (κ2) is 11.3. The summed E-state index contributed by atoms with van der Waals surface area (Å²) in [5.74, 6) is 0.847. The number of amides is 1. The average molecular weight is 354 g/mol. The van der Waals surface area contributed by atoms with Crippen LogP contribution in [0.2, 0.25) is 0 Å². The zero-order valence-electron chi connectivity index (χ0n) is 17.0. The van der Waals surface area contributed by atoms with Gasteiger partial charge in [-0.15, -0.1) is 0 Å². The number of hydrogen-bond acceptors (Lipinski definition) is 3. The predicted octanol–water partition coefficient (Wildman–Crippen LogP) is 1.97. The molecule has 1 fully saturated rings. The number of hydrogen-bond donors (Lipinski definition) is 3. The van der Waals surface area contributed by atoms with Crippen LogP contribution in [0.15, 0.2) is 4.99 Å². The van der Waals surface area contributed by atoms with Crippen molar-refractivity contribution in [1.82, 2.24) is 20.9 Å². The lowest BCUT2D eigenvalue weighted by atomic mass is 9.92. The number of nitrogens with one attached hydrogen (secondary N) is 3. The predicted molar refractivity (Wildman–Crippen MR) is 106 cm³/mol. The lowest BCUT2D eigenvalue weighted by Gasteiger charge is -2.33. The standard InChI is InChI=1S/C19H39N5O/c1-6-20-17(25)19(4,5)15-23-18(21-7-2)22-12-10-14-24-13-9-8-11-16(24)3/h16H,6-15H2,1-5H3,(H,20,25)(H2,21,22,23). The molecule has 1 saturated heterocycles. The quantitative estimate of drug-likeness (QED) is 0.337. The van der Waals surface area contributed by atoms with Gasteiger partial charge in [0.25, 0.3) is 0 Å². The summed E-state index contributed by atoms with van der Waals surface area (Å²) in [6, 6.07) is 0.716. The number of rotatable bonds is 9. The molecule has 1 amide bonds. The molecule has 3 N–H and O–H groups in total. The minimum Gasteiger partial charge on any atom is -0.357 e. The van der Waals surface area contributed by atoms with Crippen LogP contribution in [0.5, 0.6) is 0 Å². The maximum Gasteiger partial charge on any atom is 0.227 e. The van der Waals surface area contributed by atoms with Gasteiger partial charge in [-0.2, -0.15) is 0 Å². The Hall–Kier alpha value is -1.30. The Balaban J connectivity index is 2.40. The fourth-order valence-corrected chi connectivity index (χ4v) is 3.07. The van der Waals surface area contributed by atoms with E-state index in [1.165, 1.54) is 25.8 Å². The molecule has 25 heavy (non-hydrogen) atoms. The molecule has 0 aromatic carbocycles. The molecule has 1 unspecified atom stereocenters. The lowest BCUT2D eigenvalue weighted by molar-refractivity contribution is -0.128. The normalized spacial score (nSPS) is 19.6. The monoisotopic (exact) mass is 353 g/mol. The summed E-state index contributed by atoms with van der Waals surface area (Å²) in [6.45, 7) is 15.4. The summed E-state index contributed by atoms with van der Waals surface area (Å²) in [6.07, 6.45) is 5.13. The van der Waals surface area contributed by atoms with E-state index in [4.69, 9.17) is 0 Å². The molecule has 0 bridgehead atoms. The van der Waals surface area contributed by atoms with Crippen molar-refractivity contribution in [3.05, 3.63) is 0 Å². The number of aliphatic imine (C=N–C) groups is 1. The highest BCUT2D eigenvalue weighted by atomic mass is 16.2. The minimum absolute atomic E-state index is 0.0497. The summed E-state index contributed by atoms with van der Waals surface area (Å²) in [5.41, 5.74) is -0.498. The largest absolute Gasteiger partial charge is 0.357 e. The van der Waals surface area contributed by atoms with Gasteiger partial charge in [0, 0.05) is 32.2 Å². The second-order valence-corrected chi connectivity index (χ2v) is 7.60. The zero-order valence-corrected chi connectivity index (χ0v) is 17.0. The third-order valence-electron chi connectivity index (χ3n) is 4.78. The highest BCUT2D eigenvalue weighted by molar-refractivity contribution is 5.83. The van der Waals surface area contributed by atoms with E-state index in [-0.39, 0.29) is 5.91 Å². The molecule has 6 heteroatoms. The molecule has 0 saturated carbocycles. The van der Waals surface area contributed by atoms with Gasteiger partial charge in [-0.05, 0) is 60.4 Å². The lowest BCUT2D eigenvalue weighted by Crippen LogP contribution is -2.43. The van der Waals surface area contributed by atoms with Crippen molar-refractivity contribution in [3.63, 3.8) is 0 Å². The first-order valence-corrected chi connectivity index (χ1v) is 9.95. The Morgan fingerprint density at radius 1 is 1.16 bits per heavy atom. The molecule has 0 aromatic heterocycles. The van der Waals surface area contributed by atoms with Crippen LogP contribution < -0.4 is 16.0 Å². The number of guanidine groups is 1. The van der Waals surface area contributed by atoms with Crippen LogP contribution in [-0.2, 0) is 4.79 Å². The Labute approximate surface area is 154 Å². The molecule has 1 aliphatic heterocycles. The molecule has 1 heterocycles. The Bertz CT molecular complexity index is 422. The Morgan fingerprint density at radius 2 is 1.88 bits per heavy atom. The summed E-state index contributed by atoms with van der Waals surface area (Å²) in [7, 11) is 0. The summed E-state index contributed by atoms with van der Waals surface area (Å²) >= 11 is 0. The molecule has 1 aliphatic rings. The first-order chi connectivity index (χ1) is 11.9. The van der Waals surface area contributed by atoms with Crippen molar-refractivity contribution in [2.24, 2.45) is 10.4 Å². The van der Waals surface area contributed by atoms with Crippen molar-refractivity contribution in [1.29, 1.82) is 0 Å². The molecule has 0 radical (unpaired) electrons. The maximum atomic E-state index is 12.1. The Morgan fingerprint density at radius 3 is 2.52 bits per heavy atom. The van der Waals surface area contributed by atoms with E-state index in [1.54, 1.807) is 0 Å². The fraction of sp³-hybridized carbons (Fsp3) is 0.895. The van der Waals surface area contributed by atoms with Crippen LogP contribution in [-0.4, -0.2) is 62.1 Å². The van der Waals surface area contributed by atoms with Gasteiger partial charge >= 0.3 is 0 Å². The number of nitrogens with zero attached hydrogens (tertiary/aromatic N) is 2.